The van der Waals surface area contributed by atoms with Crippen LogP contribution in [0.15, 0.2) is 0 Å². The lowest BCUT2D eigenvalue weighted by atomic mass is 10.0. The van der Waals surface area contributed by atoms with E-state index >= 15 is 0 Å². The van der Waals surface area contributed by atoms with E-state index in [1.54, 1.807) is 0 Å². The normalized spacial score (nSPS) is 26.7. The Labute approximate surface area is 81.9 Å². The maximum absolute atomic E-state index is 5.59. The Morgan fingerprint density at radius 2 is 2.09 bits per heavy atom. The van der Waals surface area contributed by atoms with Crippen molar-refractivity contribution < 1.29 is 4.74 Å². The first-order valence-electron chi connectivity index (χ1n) is 3.67. The Morgan fingerprint density at radius 1 is 1.55 bits per heavy atom. The number of ether oxygens (including phenoxy) is 1. The molecule has 11 heavy (non-hydrogen) atoms. The largest absolute Gasteiger partial charge is 0.373 e. The SMILES string of the molecule is CC(CCC(Cl)(Cl)Cl)C1CO1. The van der Waals surface area contributed by atoms with E-state index in [0.717, 1.165) is 13.0 Å². The van der Waals surface area contributed by atoms with Crippen LogP contribution in [0.5, 0.6) is 0 Å². The average molecular weight is 218 g/mol. The number of halogens is 3. The second-order valence-corrected chi connectivity index (χ2v) is 5.52. The molecule has 0 aliphatic carbocycles. The first-order valence-corrected chi connectivity index (χ1v) is 4.81. The highest BCUT2D eigenvalue weighted by Crippen LogP contribution is 2.34. The molecule has 2 unspecified atom stereocenters. The topological polar surface area (TPSA) is 12.5 Å². The fraction of sp³-hybridized carbons (Fsp3) is 1.00. The standard InChI is InChI=1S/C7H11Cl3O/c1-5(6-4-11-6)2-3-7(8,9)10/h5-6H,2-4H2,1H3. The lowest BCUT2D eigenvalue weighted by molar-refractivity contribution is 0.328. The summed E-state index contributed by atoms with van der Waals surface area (Å²) in [5.41, 5.74) is 0. The van der Waals surface area contributed by atoms with Crippen LogP contribution in [0.3, 0.4) is 0 Å². The lowest BCUT2D eigenvalue weighted by Gasteiger charge is -2.13. The van der Waals surface area contributed by atoms with Gasteiger partial charge in [0.25, 0.3) is 0 Å². The highest BCUT2D eigenvalue weighted by Gasteiger charge is 2.31. The second kappa shape index (κ2) is 3.69. The van der Waals surface area contributed by atoms with Gasteiger partial charge in [-0.1, -0.05) is 41.7 Å². The Hall–Kier alpha value is 0.830. The fourth-order valence-electron chi connectivity index (χ4n) is 0.961. The van der Waals surface area contributed by atoms with E-state index in [-0.39, 0.29) is 0 Å². The summed E-state index contributed by atoms with van der Waals surface area (Å²) in [5, 5.41) is 0. The minimum Gasteiger partial charge on any atom is -0.373 e. The molecule has 1 heterocycles. The Morgan fingerprint density at radius 3 is 2.45 bits per heavy atom. The molecule has 1 aliphatic heterocycles. The summed E-state index contributed by atoms with van der Waals surface area (Å²) in [7, 11) is 0. The van der Waals surface area contributed by atoms with Crippen molar-refractivity contribution >= 4 is 34.8 Å². The zero-order valence-electron chi connectivity index (χ0n) is 6.32. The molecule has 1 fully saturated rings. The Kier molecular flexibility index (Phi) is 3.33. The molecule has 0 spiro atoms. The van der Waals surface area contributed by atoms with Gasteiger partial charge in [0.1, 0.15) is 0 Å². The van der Waals surface area contributed by atoms with E-state index in [1.165, 1.54) is 0 Å². The first kappa shape index (κ1) is 9.91. The summed E-state index contributed by atoms with van der Waals surface area (Å²) in [6.45, 7) is 3.00. The van der Waals surface area contributed by atoms with Crippen LogP contribution in [0.4, 0.5) is 0 Å². The zero-order chi connectivity index (χ0) is 8.48. The third-order valence-electron chi connectivity index (χ3n) is 1.88. The van der Waals surface area contributed by atoms with Gasteiger partial charge in [0.05, 0.1) is 12.7 Å². The molecule has 1 rings (SSSR count). The first-order chi connectivity index (χ1) is 4.99. The molecular formula is C7H11Cl3O. The summed E-state index contributed by atoms with van der Waals surface area (Å²) in [4.78, 5) is 0. The number of rotatable bonds is 3. The molecule has 0 bridgehead atoms. The minimum absolute atomic E-state index is 0.419. The molecule has 4 heteroatoms. The van der Waals surface area contributed by atoms with Crippen LogP contribution in [0, 0.1) is 5.92 Å². The minimum atomic E-state index is -1.09. The van der Waals surface area contributed by atoms with Crippen molar-refractivity contribution in [3.05, 3.63) is 0 Å². The van der Waals surface area contributed by atoms with E-state index in [4.69, 9.17) is 39.5 Å². The molecule has 0 aromatic heterocycles. The molecule has 2 atom stereocenters. The van der Waals surface area contributed by atoms with Crippen molar-refractivity contribution in [3.63, 3.8) is 0 Å². The van der Waals surface area contributed by atoms with Crippen molar-refractivity contribution in [2.24, 2.45) is 5.92 Å². The second-order valence-electron chi connectivity index (χ2n) is 3.00. The molecule has 1 aliphatic rings. The van der Waals surface area contributed by atoms with Crippen LogP contribution >= 0.6 is 34.8 Å². The number of alkyl halides is 3. The molecule has 0 aromatic rings. The van der Waals surface area contributed by atoms with E-state index < -0.39 is 3.79 Å². The maximum atomic E-state index is 5.59. The predicted octanol–water partition coefficient (Wildman–Crippen LogP) is 3.17. The van der Waals surface area contributed by atoms with Gasteiger partial charge in [-0.15, -0.1) is 0 Å². The van der Waals surface area contributed by atoms with Gasteiger partial charge in [-0.05, 0) is 18.8 Å². The van der Waals surface area contributed by atoms with Gasteiger partial charge >= 0.3 is 0 Å². The predicted molar refractivity (Wildman–Crippen MR) is 48.4 cm³/mol. The van der Waals surface area contributed by atoms with Gasteiger partial charge in [0.2, 0.25) is 0 Å². The summed E-state index contributed by atoms with van der Waals surface area (Å²) in [5.74, 6) is 0.519. The molecule has 0 saturated carbocycles. The molecule has 1 saturated heterocycles. The van der Waals surface area contributed by atoms with E-state index in [0.29, 0.717) is 18.4 Å². The van der Waals surface area contributed by atoms with Crippen LogP contribution in [-0.2, 0) is 4.74 Å². The van der Waals surface area contributed by atoms with Gasteiger partial charge in [0, 0.05) is 0 Å². The third kappa shape index (κ3) is 4.41. The molecule has 66 valence electrons. The van der Waals surface area contributed by atoms with Crippen molar-refractivity contribution in [1.82, 2.24) is 0 Å². The average Bonchev–Trinajstić information content (AvgIpc) is 2.61. The van der Waals surface area contributed by atoms with Gasteiger partial charge in [-0.3, -0.25) is 0 Å². The Balaban J connectivity index is 2.10. The third-order valence-corrected chi connectivity index (χ3v) is 2.44. The molecule has 0 N–H and O–H groups in total. The number of hydrogen-bond acceptors (Lipinski definition) is 1. The van der Waals surface area contributed by atoms with Crippen molar-refractivity contribution in [3.8, 4) is 0 Å². The van der Waals surface area contributed by atoms with E-state index in [9.17, 15) is 0 Å². The van der Waals surface area contributed by atoms with Crippen LogP contribution in [-0.4, -0.2) is 16.5 Å². The highest BCUT2D eigenvalue weighted by atomic mass is 35.6. The molecule has 0 amide bonds. The van der Waals surface area contributed by atoms with Crippen LogP contribution in [0.2, 0.25) is 0 Å². The summed E-state index contributed by atoms with van der Waals surface area (Å²) in [6, 6.07) is 0. The van der Waals surface area contributed by atoms with Crippen molar-refractivity contribution in [1.29, 1.82) is 0 Å². The number of hydrogen-bond donors (Lipinski definition) is 0. The van der Waals surface area contributed by atoms with Gasteiger partial charge in [-0.2, -0.15) is 0 Å². The summed E-state index contributed by atoms with van der Waals surface area (Å²) < 4.78 is 4.01. The fourth-order valence-corrected chi connectivity index (χ4v) is 1.29. The molecule has 1 nitrogen and oxygen atoms in total. The summed E-state index contributed by atoms with van der Waals surface area (Å²) in [6.07, 6.45) is 1.95. The van der Waals surface area contributed by atoms with Crippen LogP contribution in [0.25, 0.3) is 0 Å². The van der Waals surface area contributed by atoms with Crippen LogP contribution in [0.1, 0.15) is 19.8 Å². The van der Waals surface area contributed by atoms with E-state index in [2.05, 4.69) is 6.92 Å². The van der Waals surface area contributed by atoms with Gasteiger partial charge in [0.15, 0.2) is 3.79 Å². The smallest absolute Gasteiger partial charge is 0.190 e. The molecule has 0 radical (unpaired) electrons. The molecular weight excluding hydrogens is 206 g/mol. The highest BCUT2D eigenvalue weighted by molar-refractivity contribution is 6.67. The zero-order valence-corrected chi connectivity index (χ0v) is 8.59. The maximum Gasteiger partial charge on any atom is 0.190 e. The van der Waals surface area contributed by atoms with E-state index in [1.807, 2.05) is 0 Å². The van der Waals surface area contributed by atoms with Crippen molar-refractivity contribution in [2.75, 3.05) is 6.61 Å². The quantitative estimate of drug-likeness (QED) is 0.523. The summed E-state index contributed by atoms with van der Waals surface area (Å²) >= 11 is 16.8. The monoisotopic (exact) mass is 216 g/mol. The van der Waals surface area contributed by atoms with Crippen molar-refractivity contribution in [2.45, 2.75) is 29.7 Å². The van der Waals surface area contributed by atoms with Gasteiger partial charge in [-0.25, -0.2) is 0 Å². The Bertz CT molecular complexity index is 128. The number of epoxide rings is 1. The van der Waals surface area contributed by atoms with Gasteiger partial charge < -0.3 is 4.74 Å². The van der Waals surface area contributed by atoms with Crippen LogP contribution < -0.4 is 0 Å². The molecule has 0 aromatic carbocycles. The lowest BCUT2D eigenvalue weighted by Crippen LogP contribution is -2.09.